The van der Waals surface area contributed by atoms with Crippen LogP contribution in [0.3, 0.4) is 0 Å². The van der Waals surface area contributed by atoms with Gasteiger partial charge in [-0.3, -0.25) is 14.3 Å². The van der Waals surface area contributed by atoms with Gasteiger partial charge in [0.05, 0.1) is 26.7 Å². The number of nitrogens with two attached hydrogens (primary N) is 1. The van der Waals surface area contributed by atoms with Crippen LogP contribution in [0.15, 0.2) is 10.7 Å². The van der Waals surface area contributed by atoms with Crippen LogP contribution in [0.2, 0.25) is 0 Å². The van der Waals surface area contributed by atoms with E-state index < -0.39 is 17.8 Å². The highest BCUT2D eigenvalue weighted by atomic mass is 79.9. The average molecular weight is 443 g/mol. The Morgan fingerprint density at radius 3 is 2.54 bits per heavy atom. The van der Waals surface area contributed by atoms with Gasteiger partial charge in [0.25, 0.3) is 5.91 Å². The zero-order valence-electron chi connectivity index (χ0n) is 14.8. The first-order valence-corrected chi connectivity index (χ1v) is 9.34. The predicted molar refractivity (Wildman–Crippen MR) is 101 cm³/mol. The molecule has 3 N–H and O–H groups in total. The Hall–Kier alpha value is -2.20. The van der Waals surface area contributed by atoms with Crippen LogP contribution in [0.25, 0.3) is 0 Å². The van der Waals surface area contributed by atoms with E-state index in [1.165, 1.54) is 4.68 Å². The summed E-state index contributed by atoms with van der Waals surface area (Å²) in [4.78, 5) is 36.5. The summed E-state index contributed by atoms with van der Waals surface area (Å²) in [6.07, 6.45) is 1.34. The molecule has 0 aliphatic rings. The fraction of sp³-hybridized carbons (Fsp3) is 0.375. The minimum atomic E-state index is -0.668. The number of aryl methyl sites for hydroxylation is 1. The first kappa shape index (κ1) is 20.1. The number of halogens is 1. The molecule has 0 unspecified atom stereocenters. The van der Waals surface area contributed by atoms with Crippen molar-refractivity contribution in [2.45, 2.75) is 40.3 Å². The lowest BCUT2D eigenvalue weighted by atomic mass is 10.1. The Bertz CT molecular complexity index is 852. The number of nitrogens with one attached hydrogen (secondary N) is 1. The van der Waals surface area contributed by atoms with Gasteiger partial charge in [-0.15, -0.1) is 11.3 Å². The van der Waals surface area contributed by atoms with E-state index in [1.54, 1.807) is 33.9 Å². The van der Waals surface area contributed by atoms with Crippen molar-refractivity contribution in [3.63, 3.8) is 0 Å². The molecule has 0 atom stereocenters. The number of nitrogens with zero attached hydrogens (tertiary/aromatic N) is 2. The fourth-order valence-corrected chi connectivity index (χ4v) is 3.62. The fourth-order valence-electron chi connectivity index (χ4n) is 2.24. The highest BCUT2D eigenvalue weighted by molar-refractivity contribution is 9.10. The average Bonchev–Trinajstić information content (AvgIpc) is 2.98. The molecule has 0 fully saturated rings. The van der Waals surface area contributed by atoms with Gasteiger partial charge in [-0.25, -0.2) is 4.79 Å². The summed E-state index contributed by atoms with van der Waals surface area (Å²) in [5.41, 5.74) is 6.64. The third-order valence-electron chi connectivity index (χ3n) is 3.36. The molecular formula is C16H19BrN4O4S. The molecule has 0 aromatic carbocycles. The molecule has 0 saturated heterocycles. The van der Waals surface area contributed by atoms with E-state index >= 15 is 0 Å². The molecule has 10 heteroatoms. The van der Waals surface area contributed by atoms with E-state index in [2.05, 4.69) is 26.3 Å². The molecule has 0 saturated carbocycles. The van der Waals surface area contributed by atoms with Crippen LogP contribution in [0, 0.1) is 13.8 Å². The summed E-state index contributed by atoms with van der Waals surface area (Å²) in [6, 6.07) is 0. The second-order valence-corrected chi connectivity index (χ2v) is 7.76. The van der Waals surface area contributed by atoms with Crippen molar-refractivity contribution >= 4 is 50.1 Å². The lowest BCUT2D eigenvalue weighted by Crippen LogP contribution is -2.21. The molecule has 140 valence electrons. The highest BCUT2D eigenvalue weighted by Crippen LogP contribution is 2.33. The minimum Gasteiger partial charge on any atom is -0.459 e. The number of amides is 2. The number of hydrogen-bond acceptors (Lipinski definition) is 6. The van der Waals surface area contributed by atoms with Crippen molar-refractivity contribution in [1.82, 2.24) is 9.78 Å². The Kier molecular flexibility index (Phi) is 6.19. The molecule has 0 aliphatic heterocycles. The summed E-state index contributed by atoms with van der Waals surface area (Å²) in [5, 5.41) is 7.07. The maximum atomic E-state index is 12.4. The molecular weight excluding hydrogens is 424 g/mol. The molecule has 26 heavy (non-hydrogen) atoms. The smallest absolute Gasteiger partial charge is 0.341 e. The first-order valence-electron chi connectivity index (χ1n) is 7.73. The normalized spacial score (nSPS) is 10.8. The maximum absolute atomic E-state index is 12.4. The molecule has 0 bridgehead atoms. The van der Waals surface area contributed by atoms with Crippen LogP contribution in [0.5, 0.6) is 0 Å². The van der Waals surface area contributed by atoms with E-state index in [4.69, 9.17) is 10.5 Å². The van der Waals surface area contributed by atoms with Gasteiger partial charge in [-0.2, -0.15) is 5.10 Å². The minimum absolute atomic E-state index is 0.0477. The van der Waals surface area contributed by atoms with E-state index in [0.29, 0.717) is 5.56 Å². The van der Waals surface area contributed by atoms with Crippen molar-refractivity contribution in [2.75, 3.05) is 5.32 Å². The van der Waals surface area contributed by atoms with Crippen LogP contribution in [-0.4, -0.2) is 33.7 Å². The Morgan fingerprint density at radius 2 is 2.04 bits per heavy atom. The van der Waals surface area contributed by atoms with Crippen LogP contribution in [-0.2, 0) is 16.1 Å². The van der Waals surface area contributed by atoms with Gasteiger partial charge in [0, 0.05) is 6.20 Å². The molecule has 2 aromatic rings. The predicted octanol–water partition coefficient (Wildman–Crippen LogP) is 2.63. The van der Waals surface area contributed by atoms with Crippen molar-refractivity contribution < 1.29 is 19.1 Å². The van der Waals surface area contributed by atoms with Gasteiger partial charge in [0.1, 0.15) is 11.5 Å². The van der Waals surface area contributed by atoms with Crippen LogP contribution < -0.4 is 11.1 Å². The second kappa shape index (κ2) is 8.00. The molecule has 0 aliphatic carbocycles. The number of hydrogen-bond donors (Lipinski definition) is 2. The molecule has 0 radical (unpaired) electrons. The molecule has 8 nitrogen and oxygen atoms in total. The quantitative estimate of drug-likeness (QED) is 0.666. The number of carbonyl (C=O) groups is 3. The van der Waals surface area contributed by atoms with Gasteiger partial charge in [-0.1, -0.05) is 0 Å². The summed E-state index contributed by atoms with van der Waals surface area (Å²) in [6.45, 7) is 6.78. The molecule has 2 rings (SSSR count). The molecule has 2 heterocycles. The number of carbonyl (C=O) groups excluding carboxylic acids is 3. The number of anilines is 1. The number of thiophene rings is 1. The Balaban J connectivity index is 2.29. The molecule has 2 amide bonds. The van der Waals surface area contributed by atoms with E-state index in [9.17, 15) is 14.4 Å². The van der Waals surface area contributed by atoms with Gasteiger partial charge in [0.2, 0.25) is 5.91 Å². The van der Waals surface area contributed by atoms with Crippen LogP contribution in [0.1, 0.15) is 45.1 Å². The summed E-state index contributed by atoms with van der Waals surface area (Å²) in [7, 11) is 0. The summed E-state index contributed by atoms with van der Waals surface area (Å²) >= 11 is 4.28. The number of ether oxygens (including phenoxy) is 1. The molecule has 0 spiro atoms. The lowest BCUT2D eigenvalue weighted by molar-refractivity contribution is -0.116. The second-order valence-electron chi connectivity index (χ2n) is 5.89. The van der Waals surface area contributed by atoms with Crippen molar-refractivity contribution in [1.29, 1.82) is 0 Å². The highest BCUT2D eigenvalue weighted by Gasteiger charge is 2.26. The summed E-state index contributed by atoms with van der Waals surface area (Å²) < 4.78 is 7.47. The topological polar surface area (TPSA) is 116 Å². The van der Waals surface area contributed by atoms with E-state index in [-0.39, 0.29) is 28.1 Å². The number of rotatable bonds is 6. The Morgan fingerprint density at radius 1 is 1.38 bits per heavy atom. The SMILES string of the molecule is Cc1nn(CC(=O)Nc2sc(C(N)=O)c(C)c2C(=O)OC(C)C)cc1Br. The van der Waals surface area contributed by atoms with Crippen molar-refractivity contribution in [2.24, 2.45) is 5.73 Å². The standard InChI is InChI=1S/C16H19BrN4O4S/c1-7(2)25-16(24)12-8(3)13(14(18)23)26-15(12)19-11(22)6-21-5-10(17)9(4)20-21/h5,7H,6H2,1-4H3,(H2,18,23)(H,19,22). The Labute approximate surface area is 162 Å². The van der Waals surface area contributed by atoms with Gasteiger partial charge < -0.3 is 15.8 Å². The third-order valence-corrected chi connectivity index (χ3v) is 5.36. The van der Waals surface area contributed by atoms with E-state index in [0.717, 1.165) is 21.5 Å². The maximum Gasteiger partial charge on any atom is 0.341 e. The van der Waals surface area contributed by atoms with Gasteiger partial charge in [0.15, 0.2) is 0 Å². The summed E-state index contributed by atoms with van der Waals surface area (Å²) in [5.74, 6) is -1.68. The third kappa shape index (κ3) is 4.50. The van der Waals surface area contributed by atoms with E-state index in [1.807, 2.05) is 0 Å². The number of aromatic nitrogens is 2. The number of primary amides is 1. The van der Waals surface area contributed by atoms with Gasteiger partial charge in [-0.05, 0) is 49.2 Å². The van der Waals surface area contributed by atoms with Crippen molar-refractivity contribution in [3.8, 4) is 0 Å². The number of esters is 1. The molecule has 2 aromatic heterocycles. The van der Waals surface area contributed by atoms with Crippen LogP contribution >= 0.6 is 27.3 Å². The monoisotopic (exact) mass is 442 g/mol. The first-order chi connectivity index (χ1) is 12.1. The zero-order chi connectivity index (χ0) is 19.6. The van der Waals surface area contributed by atoms with Crippen LogP contribution in [0.4, 0.5) is 5.00 Å². The van der Waals surface area contributed by atoms with Crippen molar-refractivity contribution in [3.05, 3.63) is 32.4 Å². The van der Waals surface area contributed by atoms with Gasteiger partial charge >= 0.3 is 5.97 Å². The zero-order valence-corrected chi connectivity index (χ0v) is 17.2. The largest absolute Gasteiger partial charge is 0.459 e. The lowest BCUT2D eigenvalue weighted by Gasteiger charge is -2.10.